The molecule has 108 valence electrons. The predicted octanol–water partition coefficient (Wildman–Crippen LogP) is 3.37. The van der Waals surface area contributed by atoms with Crippen LogP contribution in [0.3, 0.4) is 0 Å². The van der Waals surface area contributed by atoms with Gasteiger partial charge in [-0.3, -0.25) is 4.79 Å². The summed E-state index contributed by atoms with van der Waals surface area (Å²) >= 11 is 4.87. The summed E-state index contributed by atoms with van der Waals surface area (Å²) in [6.45, 7) is 2.02. The van der Waals surface area contributed by atoms with Crippen LogP contribution in [-0.4, -0.2) is 10.9 Å². The summed E-state index contributed by atoms with van der Waals surface area (Å²) in [4.78, 5) is 12.5. The van der Waals surface area contributed by atoms with Gasteiger partial charge in [-0.05, 0) is 31.4 Å². The number of nitrogens with one attached hydrogen (secondary N) is 1. The largest absolute Gasteiger partial charge is 0.389 e. The molecule has 0 aromatic heterocycles. The molecular weight excluding hydrogens is 275 g/mol. The molecule has 0 bridgehead atoms. The molecular formula is C15H19FN2OS. The third kappa shape index (κ3) is 2.68. The highest BCUT2D eigenvalue weighted by atomic mass is 32.1. The minimum absolute atomic E-state index is 0.0460. The zero-order valence-corrected chi connectivity index (χ0v) is 12.4. The highest BCUT2D eigenvalue weighted by molar-refractivity contribution is 7.80. The van der Waals surface area contributed by atoms with Gasteiger partial charge in [-0.1, -0.05) is 38.0 Å². The van der Waals surface area contributed by atoms with Crippen molar-refractivity contribution in [3.05, 3.63) is 29.6 Å². The lowest BCUT2D eigenvalue weighted by molar-refractivity contribution is -0.125. The molecule has 1 fully saturated rings. The van der Waals surface area contributed by atoms with E-state index in [9.17, 15) is 9.18 Å². The monoisotopic (exact) mass is 294 g/mol. The number of nitrogens with two attached hydrogens (primary N) is 1. The van der Waals surface area contributed by atoms with E-state index in [2.05, 4.69) is 5.32 Å². The Morgan fingerprint density at radius 3 is 2.65 bits per heavy atom. The van der Waals surface area contributed by atoms with Crippen LogP contribution in [0, 0.1) is 11.2 Å². The van der Waals surface area contributed by atoms with Crippen molar-refractivity contribution in [2.45, 2.75) is 39.0 Å². The maximum Gasteiger partial charge on any atom is 0.230 e. The number of halogens is 1. The number of carbonyl (C=O) groups excluding carboxylic acids is 1. The number of carbonyl (C=O) groups is 1. The second kappa shape index (κ2) is 5.87. The van der Waals surface area contributed by atoms with Gasteiger partial charge in [0.1, 0.15) is 10.8 Å². The molecule has 1 aliphatic rings. The molecule has 0 saturated heterocycles. The lowest BCUT2D eigenvalue weighted by Gasteiger charge is -2.26. The second-order valence-corrected chi connectivity index (χ2v) is 5.76. The van der Waals surface area contributed by atoms with Gasteiger partial charge in [0.2, 0.25) is 5.91 Å². The van der Waals surface area contributed by atoms with Gasteiger partial charge in [-0.2, -0.15) is 0 Å². The first-order valence-corrected chi connectivity index (χ1v) is 7.31. The standard InChI is InChI=1S/C15H19FN2OS/c1-2-15(8-3-4-9-15)14(19)18-11-7-5-6-10(16)12(11)13(17)20/h5-7H,2-4,8-9H2,1H3,(H2,17,20)(H,18,19). The Kier molecular flexibility index (Phi) is 4.38. The summed E-state index contributed by atoms with van der Waals surface area (Å²) in [5.41, 5.74) is 5.69. The average Bonchev–Trinajstić information content (AvgIpc) is 2.88. The number of hydrogen-bond donors (Lipinski definition) is 2. The molecule has 2 rings (SSSR count). The first-order valence-electron chi connectivity index (χ1n) is 6.90. The number of benzene rings is 1. The molecule has 0 atom stereocenters. The Balaban J connectivity index is 2.28. The van der Waals surface area contributed by atoms with E-state index in [4.69, 9.17) is 18.0 Å². The third-order valence-corrected chi connectivity index (χ3v) is 4.43. The summed E-state index contributed by atoms with van der Waals surface area (Å²) in [6.07, 6.45) is 4.68. The van der Waals surface area contributed by atoms with E-state index in [-0.39, 0.29) is 21.9 Å². The fourth-order valence-electron chi connectivity index (χ4n) is 2.93. The first kappa shape index (κ1) is 14.9. The van der Waals surface area contributed by atoms with Gasteiger partial charge in [0.05, 0.1) is 11.3 Å². The van der Waals surface area contributed by atoms with Crippen molar-refractivity contribution in [3.63, 3.8) is 0 Å². The van der Waals surface area contributed by atoms with Crippen LogP contribution >= 0.6 is 12.2 Å². The van der Waals surface area contributed by atoms with Crippen LogP contribution in [0.2, 0.25) is 0 Å². The molecule has 1 aromatic carbocycles. The summed E-state index contributed by atoms with van der Waals surface area (Å²) in [5, 5.41) is 2.82. The first-order chi connectivity index (χ1) is 9.50. The van der Waals surface area contributed by atoms with E-state index in [1.54, 1.807) is 12.1 Å². The quantitative estimate of drug-likeness (QED) is 0.837. The van der Waals surface area contributed by atoms with E-state index in [0.29, 0.717) is 5.69 Å². The van der Waals surface area contributed by atoms with Gasteiger partial charge >= 0.3 is 0 Å². The van der Waals surface area contributed by atoms with Crippen molar-refractivity contribution < 1.29 is 9.18 Å². The fourth-order valence-corrected chi connectivity index (χ4v) is 3.13. The minimum Gasteiger partial charge on any atom is -0.389 e. The third-order valence-electron chi connectivity index (χ3n) is 4.23. The maximum absolute atomic E-state index is 13.8. The number of amides is 1. The van der Waals surface area contributed by atoms with Crippen molar-refractivity contribution in [2.24, 2.45) is 11.1 Å². The molecule has 20 heavy (non-hydrogen) atoms. The molecule has 3 nitrogen and oxygen atoms in total. The SMILES string of the molecule is CCC1(C(=O)Nc2cccc(F)c2C(N)=S)CCCC1. The van der Waals surface area contributed by atoms with Crippen LogP contribution in [0.15, 0.2) is 18.2 Å². The van der Waals surface area contributed by atoms with Crippen molar-refractivity contribution in [2.75, 3.05) is 5.32 Å². The number of anilines is 1. The maximum atomic E-state index is 13.8. The molecule has 1 aliphatic carbocycles. The lowest BCUT2D eigenvalue weighted by atomic mass is 9.82. The highest BCUT2D eigenvalue weighted by Gasteiger charge is 2.39. The minimum atomic E-state index is -0.507. The number of hydrogen-bond acceptors (Lipinski definition) is 2. The van der Waals surface area contributed by atoms with Gasteiger partial charge in [-0.25, -0.2) is 4.39 Å². The van der Waals surface area contributed by atoms with Crippen LogP contribution in [0.1, 0.15) is 44.6 Å². The van der Waals surface area contributed by atoms with Crippen molar-refractivity contribution in [1.29, 1.82) is 0 Å². The smallest absolute Gasteiger partial charge is 0.230 e. The highest BCUT2D eigenvalue weighted by Crippen LogP contribution is 2.42. The van der Waals surface area contributed by atoms with Gasteiger partial charge in [0, 0.05) is 5.41 Å². The molecule has 0 aliphatic heterocycles. The Bertz CT molecular complexity index is 539. The van der Waals surface area contributed by atoms with E-state index >= 15 is 0 Å². The molecule has 0 heterocycles. The van der Waals surface area contributed by atoms with Gasteiger partial charge < -0.3 is 11.1 Å². The predicted molar refractivity (Wildman–Crippen MR) is 82.1 cm³/mol. The van der Waals surface area contributed by atoms with Crippen LogP contribution in [0.25, 0.3) is 0 Å². The Hall–Kier alpha value is -1.49. The molecule has 0 unspecified atom stereocenters. The van der Waals surface area contributed by atoms with Crippen molar-refractivity contribution in [3.8, 4) is 0 Å². The molecule has 0 radical (unpaired) electrons. The van der Waals surface area contributed by atoms with Crippen LogP contribution in [0.5, 0.6) is 0 Å². The van der Waals surface area contributed by atoms with Crippen LogP contribution in [0.4, 0.5) is 10.1 Å². The normalized spacial score (nSPS) is 16.9. The molecule has 5 heteroatoms. The molecule has 1 saturated carbocycles. The summed E-state index contributed by atoms with van der Waals surface area (Å²) in [7, 11) is 0. The van der Waals surface area contributed by atoms with E-state index in [1.165, 1.54) is 6.07 Å². The van der Waals surface area contributed by atoms with E-state index < -0.39 is 5.82 Å². The van der Waals surface area contributed by atoms with Gasteiger partial charge in [-0.15, -0.1) is 0 Å². The molecule has 1 amide bonds. The second-order valence-electron chi connectivity index (χ2n) is 5.32. The molecule has 0 spiro atoms. The van der Waals surface area contributed by atoms with Crippen molar-refractivity contribution >= 4 is 28.8 Å². The lowest BCUT2D eigenvalue weighted by Crippen LogP contribution is -2.34. The van der Waals surface area contributed by atoms with Crippen molar-refractivity contribution in [1.82, 2.24) is 0 Å². The Labute approximate surface area is 123 Å². The number of rotatable bonds is 4. The van der Waals surface area contributed by atoms with Crippen LogP contribution < -0.4 is 11.1 Å². The average molecular weight is 294 g/mol. The summed E-state index contributed by atoms with van der Waals surface area (Å²) in [6, 6.07) is 4.46. The summed E-state index contributed by atoms with van der Waals surface area (Å²) < 4.78 is 13.8. The fraction of sp³-hybridized carbons (Fsp3) is 0.467. The Morgan fingerprint density at radius 2 is 2.10 bits per heavy atom. The van der Waals surface area contributed by atoms with Crippen LogP contribution in [-0.2, 0) is 4.79 Å². The number of thiocarbonyl (C=S) groups is 1. The molecule has 3 N–H and O–H groups in total. The zero-order valence-electron chi connectivity index (χ0n) is 11.5. The zero-order chi connectivity index (χ0) is 14.8. The molecule has 1 aromatic rings. The van der Waals surface area contributed by atoms with E-state index in [1.807, 2.05) is 6.92 Å². The van der Waals surface area contributed by atoms with Gasteiger partial charge in [0.15, 0.2) is 0 Å². The topological polar surface area (TPSA) is 55.1 Å². The van der Waals surface area contributed by atoms with E-state index in [0.717, 1.165) is 32.1 Å². The van der Waals surface area contributed by atoms with Gasteiger partial charge in [0.25, 0.3) is 0 Å². The summed E-state index contributed by atoms with van der Waals surface area (Å²) in [5.74, 6) is -0.562. The Morgan fingerprint density at radius 1 is 1.45 bits per heavy atom.